The van der Waals surface area contributed by atoms with Gasteiger partial charge in [-0.05, 0) is 59.5 Å². The lowest BCUT2D eigenvalue weighted by Gasteiger charge is -2.31. The summed E-state index contributed by atoms with van der Waals surface area (Å²) in [5.74, 6) is 2.28. The number of likely N-dealkylation sites (N-methyl/N-ethyl adjacent to an activating group) is 1. The topological polar surface area (TPSA) is 61.4 Å². The van der Waals surface area contributed by atoms with Crippen LogP contribution in [0.15, 0.2) is 23.2 Å². The van der Waals surface area contributed by atoms with Crippen LogP contribution in [0.25, 0.3) is 0 Å². The molecule has 0 aliphatic heterocycles. The second-order valence-electron chi connectivity index (χ2n) is 7.90. The molecule has 1 rings (SSSR count). The number of nitrogens with one attached hydrogen (secondary N) is 2. The van der Waals surface area contributed by atoms with Crippen molar-refractivity contribution < 1.29 is 9.47 Å². The van der Waals surface area contributed by atoms with Gasteiger partial charge < -0.3 is 25.0 Å². The van der Waals surface area contributed by atoms with E-state index in [1.54, 1.807) is 21.3 Å². The Balaban J connectivity index is 2.72. The molecule has 0 radical (unpaired) electrons. The van der Waals surface area contributed by atoms with Crippen LogP contribution in [-0.2, 0) is 0 Å². The molecular weight excluding hydrogens is 366 g/mol. The van der Waals surface area contributed by atoms with E-state index in [1.165, 1.54) is 0 Å². The van der Waals surface area contributed by atoms with E-state index in [1.807, 2.05) is 12.1 Å². The summed E-state index contributed by atoms with van der Waals surface area (Å²) in [6, 6.07) is 7.27. The van der Waals surface area contributed by atoms with E-state index < -0.39 is 0 Å². The average molecular weight is 408 g/mol. The fourth-order valence-electron chi connectivity index (χ4n) is 3.49. The maximum atomic E-state index is 5.46. The minimum atomic E-state index is 0.163. The van der Waals surface area contributed by atoms with Crippen molar-refractivity contribution in [2.45, 2.75) is 45.8 Å². The highest BCUT2D eigenvalue weighted by Gasteiger charge is 2.18. The zero-order valence-corrected chi connectivity index (χ0v) is 19.7. The lowest BCUT2D eigenvalue weighted by Crippen LogP contribution is -2.46. The Hall–Kier alpha value is -1.99. The molecule has 0 bridgehead atoms. The minimum Gasteiger partial charge on any atom is -0.493 e. The molecule has 0 aliphatic carbocycles. The average Bonchev–Trinajstić information content (AvgIpc) is 2.68. The number of guanidine groups is 1. The molecule has 0 amide bonds. The molecular formula is C22H41N5O2. The lowest BCUT2D eigenvalue weighted by atomic mass is 10.1. The van der Waals surface area contributed by atoms with Crippen molar-refractivity contribution in [3.8, 4) is 11.5 Å². The molecule has 1 aromatic rings. The molecule has 0 spiro atoms. The van der Waals surface area contributed by atoms with Gasteiger partial charge in [-0.2, -0.15) is 0 Å². The van der Waals surface area contributed by atoms with Gasteiger partial charge in [0.15, 0.2) is 17.5 Å². The number of aliphatic imine (C=N–C) groups is 1. The summed E-state index contributed by atoms with van der Waals surface area (Å²) >= 11 is 0. The van der Waals surface area contributed by atoms with Crippen molar-refractivity contribution in [1.82, 2.24) is 20.4 Å². The third-order valence-corrected chi connectivity index (χ3v) is 5.09. The molecule has 1 unspecified atom stereocenters. The van der Waals surface area contributed by atoms with Gasteiger partial charge in [0.2, 0.25) is 0 Å². The minimum absolute atomic E-state index is 0.163. The number of ether oxygens (including phenoxy) is 2. The fourth-order valence-corrected chi connectivity index (χ4v) is 3.49. The van der Waals surface area contributed by atoms with Gasteiger partial charge >= 0.3 is 0 Å². The molecule has 7 nitrogen and oxygen atoms in total. The van der Waals surface area contributed by atoms with Crippen molar-refractivity contribution in [2.75, 3.05) is 55.0 Å². The van der Waals surface area contributed by atoms with Gasteiger partial charge in [-0.15, -0.1) is 0 Å². The van der Waals surface area contributed by atoms with E-state index in [-0.39, 0.29) is 6.04 Å². The summed E-state index contributed by atoms with van der Waals surface area (Å²) in [6.07, 6.45) is 0. The van der Waals surface area contributed by atoms with Crippen LogP contribution in [-0.4, -0.2) is 82.8 Å². The van der Waals surface area contributed by atoms with E-state index >= 15 is 0 Å². The zero-order chi connectivity index (χ0) is 22.0. The Morgan fingerprint density at radius 2 is 1.62 bits per heavy atom. The summed E-state index contributed by atoms with van der Waals surface area (Å²) in [7, 11) is 9.26. The Morgan fingerprint density at radius 1 is 1.00 bits per heavy atom. The maximum Gasteiger partial charge on any atom is 0.191 e. The first kappa shape index (κ1) is 25.0. The second kappa shape index (κ2) is 12.5. The number of methoxy groups -OCH3 is 2. The summed E-state index contributed by atoms with van der Waals surface area (Å²) in [4.78, 5) is 9.02. The lowest BCUT2D eigenvalue weighted by molar-refractivity contribution is 0.178. The number of nitrogens with zero attached hydrogens (tertiary/aromatic N) is 3. The first-order chi connectivity index (χ1) is 13.7. The zero-order valence-electron chi connectivity index (χ0n) is 19.7. The van der Waals surface area contributed by atoms with Crippen LogP contribution >= 0.6 is 0 Å². The second-order valence-corrected chi connectivity index (χ2v) is 7.90. The van der Waals surface area contributed by atoms with Crippen LogP contribution in [0.1, 0.15) is 39.3 Å². The van der Waals surface area contributed by atoms with E-state index in [2.05, 4.69) is 73.3 Å². The molecule has 1 atom stereocenters. The highest BCUT2D eigenvalue weighted by Crippen LogP contribution is 2.31. The number of rotatable bonds is 11. The van der Waals surface area contributed by atoms with Crippen LogP contribution in [0.2, 0.25) is 0 Å². The van der Waals surface area contributed by atoms with E-state index in [0.29, 0.717) is 12.1 Å². The van der Waals surface area contributed by atoms with Gasteiger partial charge in [-0.1, -0.05) is 6.07 Å². The van der Waals surface area contributed by atoms with Gasteiger partial charge in [0.1, 0.15) is 0 Å². The van der Waals surface area contributed by atoms with Crippen molar-refractivity contribution in [3.05, 3.63) is 23.8 Å². The Labute approximate surface area is 177 Å². The molecule has 0 aliphatic rings. The first-order valence-corrected chi connectivity index (χ1v) is 10.3. The molecule has 2 N–H and O–H groups in total. The molecule has 0 saturated heterocycles. The maximum absolute atomic E-state index is 5.46. The van der Waals surface area contributed by atoms with Crippen LogP contribution in [0, 0.1) is 0 Å². The molecule has 29 heavy (non-hydrogen) atoms. The molecule has 0 fully saturated rings. The SMILES string of the molecule is CN=C(NCCN(C(C)C)C(C)C)NCC(c1ccc(OC)c(OC)c1)N(C)C. The highest BCUT2D eigenvalue weighted by molar-refractivity contribution is 5.79. The Morgan fingerprint density at radius 3 is 2.10 bits per heavy atom. The predicted octanol–water partition coefficient (Wildman–Crippen LogP) is 2.59. The summed E-state index contributed by atoms with van der Waals surface area (Å²) in [5.41, 5.74) is 1.15. The van der Waals surface area contributed by atoms with Crippen LogP contribution in [0.4, 0.5) is 0 Å². The Bertz CT molecular complexity index is 624. The summed E-state index contributed by atoms with van der Waals surface area (Å²) in [5, 5.41) is 6.88. The van der Waals surface area contributed by atoms with Crippen molar-refractivity contribution in [2.24, 2.45) is 4.99 Å². The van der Waals surface area contributed by atoms with Crippen molar-refractivity contribution in [3.63, 3.8) is 0 Å². The number of hydrogen-bond donors (Lipinski definition) is 2. The third kappa shape index (κ3) is 7.74. The van der Waals surface area contributed by atoms with Crippen molar-refractivity contribution >= 4 is 5.96 Å². The van der Waals surface area contributed by atoms with E-state index in [9.17, 15) is 0 Å². The summed E-state index contributed by atoms with van der Waals surface area (Å²) in [6.45, 7) is 11.5. The van der Waals surface area contributed by atoms with Gasteiger partial charge in [-0.25, -0.2) is 0 Å². The predicted molar refractivity (Wildman–Crippen MR) is 122 cm³/mol. The highest BCUT2D eigenvalue weighted by atomic mass is 16.5. The van der Waals surface area contributed by atoms with Crippen LogP contribution in [0.3, 0.4) is 0 Å². The van der Waals surface area contributed by atoms with Gasteiger partial charge in [0.05, 0.1) is 20.3 Å². The van der Waals surface area contributed by atoms with Gasteiger partial charge in [0.25, 0.3) is 0 Å². The molecule has 0 saturated carbocycles. The van der Waals surface area contributed by atoms with Gasteiger partial charge in [-0.3, -0.25) is 9.89 Å². The quantitative estimate of drug-likeness (QED) is 0.434. The number of benzene rings is 1. The largest absolute Gasteiger partial charge is 0.493 e. The van der Waals surface area contributed by atoms with Crippen LogP contribution < -0.4 is 20.1 Å². The molecule has 166 valence electrons. The van der Waals surface area contributed by atoms with Crippen LogP contribution in [0.5, 0.6) is 11.5 Å². The van der Waals surface area contributed by atoms with E-state index in [0.717, 1.165) is 42.7 Å². The monoisotopic (exact) mass is 407 g/mol. The van der Waals surface area contributed by atoms with Gasteiger partial charge in [0, 0.05) is 38.8 Å². The fraction of sp³-hybridized carbons (Fsp3) is 0.682. The molecule has 1 aromatic carbocycles. The smallest absolute Gasteiger partial charge is 0.191 e. The molecule has 0 aromatic heterocycles. The summed E-state index contributed by atoms with van der Waals surface area (Å²) < 4.78 is 10.8. The van der Waals surface area contributed by atoms with Crippen molar-refractivity contribution in [1.29, 1.82) is 0 Å². The van der Waals surface area contributed by atoms with E-state index in [4.69, 9.17) is 9.47 Å². The third-order valence-electron chi connectivity index (χ3n) is 5.09. The molecule has 0 heterocycles. The standard InChI is InChI=1S/C22H41N5O2/c1-16(2)27(17(3)4)13-12-24-22(23-5)25-15-19(26(6)7)18-10-11-20(28-8)21(14-18)29-9/h10-11,14,16-17,19H,12-13,15H2,1-9H3,(H2,23,24,25). The number of hydrogen-bond acceptors (Lipinski definition) is 5. The Kier molecular flexibility index (Phi) is 10.8. The normalized spacial score (nSPS) is 13.3. The first-order valence-electron chi connectivity index (χ1n) is 10.3. The molecule has 7 heteroatoms.